The molecule has 12 heteroatoms. The van der Waals surface area contributed by atoms with Crippen LogP contribution in [-0.4, -0.2) is 68.4 Å². The lowest BCUT2D eigenvalue weighted by Crippen LogP contribution is -2.49. The van der Waals surface area contributed by atoms with Gasteiger partial charge in [-0.25, -0.2) is 23.1 Å². The molecule has 37 heavy (non-hydrogen) atoms. The van der Waals surface area contributed by atoms with Gasteiger partial charge in [0, 0.05) is 30.6 Å². The minimum Gasteiger partial charge on any atom is -0.380 e. The molecule has 3 aliphatic rings. The summed E-state index contributed by atoms with van der Waals surface area (Å²) < 4.78 is 50.5. The standard InChI is InChI=1S/C25H27ClF3N7O/c1-15-20(27)9-30-24(31-15)35-6-4-16(5-7-35)23-33-32-22-11-34(14-25(28,29)18-12-37-13-18)10-17-8-19(26)2-3-21(17)36(22)23/h2-3,8-9,16,18H,4-7,10-14H2,1H3. The number of piperidine rings is 1. The van der Waals surface area contributed by atoms with Crippen LogP contribution < -0.4 is 4.90 Å². The maximum absolute atomic E-state index is 14.9. The van der Waals surface area contributed by atoms with E-state index in [1.165, 1.54) is 6.20 Å². The van der Waals surface area contributed by atoms with Crippen molar-refractivity contribution < 1.29 is 17.9 Å². The SMILES string of the molecule is Cc1nc(N2CCC(c3nnc4n3-c3ccc(Cl)cc3CN(CC(F)(F)C3COC3)C4)CC2)ncc1F. The van der Waals surface area contributed by atoms with Crippen molar-refractivity contribution in [1.29, 1.82) is 0 Å². The Morgan fingerprint density at radius 1 is 1.14 bits per heavy atom. The first-order valence-corrected chi connectivity index (χ1v) is 12.8. The molecule has 0 aliphatic carbocycles. The van der Waals surface area contributed by atoms with Crippen molar-refractivity contribution in [3.8, 4) is 5.69 Å². The van der Waals surface area contributed by atoms with Gasteiger partial charge in [-0.15, -0.1) is 10.2 Å². The monoisotopic (exact) mass is 533 g/mol. The summed E-state index contributed by atoms with van der Waals surface area (Å²) in [5, 5.41) is 9.56. The van der Waals surface area contributed by atoms with E-state index in [9.17, 15) is 13.2 Å². The van der Waals surface area contributed by atoms with Gasteiger partial charge in [0.25, 0.3) is 5.92 Å². The molecule has 3 aromatic rings. The third-order valence-corrected chi connectivity index (χ3v) is 7.75. The van der Waals surface area contributed by atoms with Crippen LogP contribution in [0.2, 0.25) is 5.02 Å². The summed E-state index contributed by atoms with van der Waals surface area (Å²) in [7, 11) is 0. The third-order valence-electron chi connectivity index (χ3n) is 7.52. The maximum atomic E-state index is 14.9. The molecule has 2 fully saturated rings. The molecule has 3 aliphatic heterocycles. The van der Waals surface area contributed by atoms with Gasteiger partial charge in [-0.2, -0.15) is 0 Å². The van der Waals surface area contributed by atoms with Gasteiger partial charge >= 0.3 is 0 Å². The number of nitrogens with zero attached hydrogens (tertiary/aromatic N) is 7. The number of aromatic nitrogens is 5. The Bertz CT molecular complexity index is 1310. The van der Waals surface area contributed by atoms with E-state index in [0.717, 1.165) is 29.9 Å². The van der Waals surface area contributed by atoms with Gasteiger partial charge in [0.2, 0.25) is 5.95 Å². The van der Waals surface area contributed by atoms with Crippen molar-refractivity contribution in [2.24, 2.45) is 5.92 Å². The van der Waals surface area contributed by atoms with Crippen molar-refractivity contribution in [2.75, 3.05) is 37.7 Å². The van der Waals surface area contributed by atoms with Crippen molar-refractivity contribution in [1.82, 2.24) is 29.6 Å². The molecule has 0 unspecified atom stereocenters. The quantitative estimate of drug-likeness (QED) is 0.488. The largest absolute Gasteiger partial charge is 0.380 e. The van der Waals surface area contributed by atoms with Gasteiger partial charge < -0.3 is 9.64 Å². The van der Waals surface area contributed by atoms with E-state index in [-0.39, 0.29) is 32.2 Å². The zero-order valence-electron chi connectivity index (χ0n) is 20.4. The van der Waals surface area contributed by atoms with E-state index in [2.05, 4.69) is 20.2 Å². The number of benzene rings is 1. The average molecular weight is 534 g/mol. The van der Waals surface area contributed by atoms with Crippen LogP contribution in [-0.2, 0) is 17.8 Å². The molecule has 8 nitrogen and oxygen atoms in total. The number of alkyl halides is 2. The van der Waals surface area contributed by atoms with Crippen LogP contribution in [0.15, 0.2) is 24.4 Å². The number of halogens is 4. The number of hydrogen-bond acceptors (Lipinski definition) is 7. The molecule has 6 rings (SSSR count). The van der Waals surface area contributed by atoms with E-state index in [1.807, 2.05) is 21.6 Å². The number of rotatable bonds is 5. The molecule has 2 aromatic heterocycles. The first-order valence-electron chi connectivity index (χ1n) is 12.4. The fraction of sp³-hybridized carbons (Fsp3) is 0.520. The number of hydrogen-bond donors (Lipinski definition) is 0. The van der Waals surface area contributed by atoms with Gasteiger partial charge in [0.1, 0.15) is 5.82 Å². The zero-order chi connectivity index (χ0) is 25.7. The Morgan fingerprint density at radius 2 is 1.92 bits per heavy atom. The van der Waals surface area contributed by atoms with Crippen molar-refractivity contribution in [3.05, 3.63) is 58.1 Å². The van der Waals surface area contributed by atoms with E-state index < -0.39 is 17.7 Å². The molecule has 2 saturated heterocycles. The molecular weight excluding hydrogens is 507 g/mol. The fourth-order valence-electron chi connectivity index (χ4n) is 5.30. The first-order chi connectivity index (χ1) is 17.8. The molecule has 0 spiro atoms. The molecule has 0 bridgehead atoms. The summed E-state index contributed by atoms with van der Waals surface area (Å²) >= 11 is 6.31. The van der Waals surface area contributed by atoms with Crippen LogP contribution in [0, 0.1) is 18.7 Å². The summed E-state index contributed by atoms with van der Waals surface area (Å²) in [6.45, 7) is 3.38. The molecule has 0 radical (unpaired) electrons. The summed E-state index contributed by atoms with van der Waals surface area (Å²) in [4.78, 5) is 12.2. The molecule has 0 N–H and O–H groups in total. The highest BCUT2D eigenvalue weighted by Gasteiger charge is 2.46. The van der Waals surface area contributed by atoms with E-state index in [0.29, 0.717) is 42.1 Å². The summed E-state index contributed by atoms with van der Waals surface area (Å²) in [6, 6.07) is 5.56. The van der Waals surface area contributed by atoms with Gasteiger partial charge in [0.15, 0.2) is 11.6 Å². The lowest BCUT2D eigenvalue weighted by Gasteiger charge is -2.36. The molecule has 0 saturated carbocycles. The first kappa shape index (κ1) is 24.6. The lowest BCUT2D eigenvalue weighted by molar-refractivity contribution is -0.179. The lowest BCUT2D eigenvalue weighted by atomic mass is 9.95. The highest BCUT2D eigenvalue weighted by molar-refractivity contribution is 6.30. The van der Waals surface area contributed by atoms with Crippen molar-refractivity contribution in [2.45, 2.75) is 44.7 Å². The Morgan fingerprint density at radius 3 is 2.62 bits per heavy atom. The molecule has 5 heterocycles. The van der Waals surface area contributed by atoms with E-state index in [1.54, 1.807) is 17.9 Å². The normalized spacial score (nSPS) is 19.3. The van der Waals surface area contributed by atoms with Crippen LogP contribution in [0.25, 0.3) is 5.69 Å². The molecule has 0 atom stereocenters. The van der Waals surface area contributed by atoms with Gasteiger partial charge in [0.05, 0.1) is 49.8 Å². The average Bonchev–Trinajstić information content (AvgIpc) is 3.16. The fourth-order valence-corrected chi connectivity index (χ4v) is 5.50. The van der Waals surface area contributed by atoms with Crippen LogP contribution in [0.3, 0.4) is 0 Å². The highest BCUT2D eigenvalue weighted by atomic mass is 35.5. The van der Waals surface area contributed by atoms with Crippen molar-refractivity contribution >= 4 is 17.5 Å². The second kappa shape index (κ2) is 9.52. The van der Waals surface area contributed by atoms with Crippen LogP contribution in [0.1, 0.15) is 41.7 Å². The van der Waals surface area contributed by atoms with Gasteiger partial charge in [-0.05, 0) is 43.5 Å². The molecular formula is C25H27ClF3N7O. The van der Waals surface area contributed by atoms with Gasteiger partial charge in [-0.3, -0.25) is 9.47 Å². The molecule has 0 amide bonds. The van der Waals surface area contributed by atoms with Crippen LogP contribution in [0.4, 0.5) is 19.1 Å². The van der Waals surface area contributed by atoms with Gasteiger partial charge in [-0.1, -0.05) is 11.6 Å². The molecule has 196 valence electrons. The summed E-state index contributed by atoms with van der Waals surface area (Å²) in [6.07, 6.45) is 2.77. The van der Waals surface area contributed by atoms with Crippen molar-refractivity contribution in [3.63, 3.8) is 0 Å². The number of aryl methyl sites for hydroxylation is 1. The Labute approximate surface area is 217 Å². The molecule has 1 aromatic carbocycles. The topological polar surface area (TPSA) is 72.2 Å². The predicted molar refractivity (Wildman–Crippen MR) is 131 cm³/mol. The Kier molecular flexibility index (Phi) is 6.32. The Hall–Kier alpha value is -2.76. The zero-order valence-corrected chi connectivity index (χ0v) is 21.1. The second-order valence-electron chi connectivity index (χ2n) is 10.1. The minimum absolute atomic E-state index is 0.0881. The van der Waals surface area contributed by atoms with E-state index >= 15 is 0 Å². The maximum Gasteiger partial charge on any atom is 0.267 e. The second-order valence-corrected chi connectivity index (χ2v) is 10.5. The minimum atomic E-state index is -2.86. The Balaban J connectivity index is 1.26. The number of anilines is 1. The smallest absolute Gasteiger partial charge is 0.267 e. The third kappa shape index (κ3) is 4.68. The van der Waals surface area contributed by atoms with Crippen LogP contribution in [0.5, 0.6) is 0 Å². The van der Waals surface area contributed by atoms with Crippen LogP contribution >= 0.6 is 11.6 Å². The highest BCUT2D eigenvalue weighted by Crippen LogP contribution is 2.36. The van der Waals surface area contributed by atoms with E-state index in [4.69, 9.17) is 16.3 Å². The summed E-state index contributed by atoms with van der Waals surface area (Å²) in [5.41, 5.74) is 2.06. The summed E-state index contributed by atoms with van der Waals surface area (Å²) in [5.74, 6) is -1.96. The predicted octanol–water partition coefficient (Wildman–Crippen LogP) is 4.14. The number of ether oxygens (including phenoxy) is 1. The number of fused-ring (bicyclic) bond motifs is 3.